The van der Waals surface area contributed by atoms with Crippen LogP contribution < -0.4 is 0 Å². The van der Waals surface area contributed by atoms with Crippen LogP contribution in [0.15, 0.2) is 42.5 Å². The summed E-state index contributed by atoms with van der Waals surface area (Å²) < 4.78 is 21.3. The summed E-state index contributed by atoms with van der Waals surface area (Å²) in [6.07, 6.45) is 49.7. The van der Waals surface area contributed by atoms with E-state index in [1.807, 2.05) is 18.7 Å². The van der Waals surface area contributed by atoms with Gasteiger partial charge in [0.25, 0.3) is 0 Å². The fraction of sp³-hybridized carbons (Fsp3) is 0.873. The summed E-state index contributed by atoms with van der Waals surface area (Å²) >= 11 is 0. The number of hydrogen-bond acceptors (Lipinski definition) is 4. The highest BCUT2D eigenvalue weighted by atomic mass is 16.5. The van der Waals surface area contributed by atoms with E-state index in [2.05, 4.69) is 69.3 Å². The zero-order valence-electron chi connectivity index (χ0n) is 40.3. The van der Waals surface area contributed by atoms with Gasteiger partial charge in [0.2, 0.25) is 0 Å². The first kappa shape index (κ1) is 49.6. The molecule has 0 aromatic carbocycles. The number of imidazole rings is 1. The third kappa shape index (κ3) is 15.4. The van der Waals surface area contributed by atoms with Gasteiger partial charge >= 0.3 is 0 Å². The molecule has 5 rings (SSSR count). The van der Waals surface area contributed by atoms with Crippen molar-refractivity contribution in [3.8, 4) is 0 Å². The number of nitrogens with zero attached hydrogens (tertiary/aromatic N) is 2. The summed E-state index contributed by atoms with van der Waals surface area (Å²) in [6, 6.07) is 0. The monoisotopic (exact) mass is 833 g/mol. The first-order valence-electron chi connectivity index (χ1n) is 26.4. The molecule has 5 heteroatoms. The van der Waals surface area contributed by atoms with Crippen molar-refractivity contribution in [2.75, 3.05) is 26.4 Å². The quantitative estimate of drug-likeness (QED) is 0.0536. The van der Waals surface area contributed by atoms with Gasteiger partial charge in [0.15, 0.2) is 0 Å². The molecule has 0 spiro atoms. The van der Waals surface area contributed by atoms with E-state index in [1.54, 1.807) is 5.57 Å². The van der Waals surface area contributed by atoms with Gasteiger partial charge in [-0.05, 0) is 143 Å². The number of hydrogen-bond donors (Lipinski definition) is 0. The zero-order valence-corrected chi connectivity index (χ0v) is 40.3. The fourth-order valence-electron chi connectivity index (χ4n) is 12.9. The largest absolute Gasteiger partial charge is 0.379 e. The van der Waals surface area contributed by atoms with Crippen LogP contribution in [0, 0.1) is 46.3 Å². The molecule has 1 aromatic heterocycles. The Morgan fingerprint density at radius 1 is 0.767 bits per heavy atom. The lowest BCUT2D eigenvalue weighted by atomic mass is 9.47. The van der Waals surface area contributed by atoms with E-state index in [4.69, 9.17) is 14.2 Å². The van der Waals surface area contributed by atoms with Crippen LogP contribution >= 0.6 is 0 Å². The predicted molar refractivity (Wildman–Crippen MR) is 254 cm³/mol. The summed E-state index contributed by atoms with van der Waals surface area (Å²) in [7, 11) is 0. The van der Waals surface area contributed by atoms with E-state index >= 15 is 0 Å². The Morgan fingerprint density at radius 3 is 2.22 bits per heavy atom. The summed E-state index contributed by atoms with van der Waals surface area (Å²) in [5, 5.41) is 0. The van der Waals surface area contributed by atoms with Gasteiger partial charge in [0.05, 0.1) is 31.7 Å². The molecule has 3 fully saturated rings. The molecule has 5 nitrogen and oxygen atoms in total. The van der Waals surface area contributed by atoms with E-state index in [0.29, 0.717) is 23.5 Å². The van der Waals surface area contributed by atoms with Crippen molar-refractivity contribution in [2.24, 2.45) is 46.3 Å². The van der Waals surface area contributed by atoms with E-state index in [9.17, 15) is 0 Å². The molecule has 4 aliphatic rings. The topological polar surface area (TPSA) is 45.5 Å². The molecule has 6 unspecified atom stereocenters. The number of allylic oxidation sites excluding steroid dienone is 3. The van der Waals surface area contributed by atoms with Crippen LogP contribution in [0.1, 0.15) is 215 Å². The van der Waals surface area contributed by atoms with Crippen LogP contribution in [0.3, 0.4) is 0 Å². The van der Waals surface area contributed by atoms with E-state index < -0.39 is 0 Å². The minimum absolute atomic E-state index is 0.0539. The molecule has 1 aromatic rings. The maximum Gasteiger partial charge on any atom is 0.0987 e. The number of aromatic nitrogens is 2. The van der Waals surface area contributed by atoms with Crippen molar-refractivity contribution in [2.45, 2.75) is 234 Å². The Kier molecular flexibility index (Phi) is 22.3. The number of fused-ring (bicyclic) bond motifs is 5. The molecule has 344 valence electrons. The molecule has 1 heterocycles. The molecule has 0 bridgehead atoms. The second kappa shape index (κ2) is 27.0. The van der Waals surface area contributed by atoms with Gasteiger partial charge in [-0.1, -0.05) is 142 Å². The number of ether oxygens (including phenoxy) is 3. The average molecular weight is 833 g/mol. The second-order valence-corrected chi connectivity index (χ2v) is 21.5. The minimum atomic E-state index is 0.0539. The van der Waals surface area contributed by atoms with Gasteiger partial charge < -0.3 is 18.8 Å². The Bertz CT molecular complexity index is 1320. The molecular weight excluding hydrogens is 737 g/mol. The Hall–Kier alpha value is -1.43. The molecule has 0 aliphatic heterocycles. The van der Waals surface area contributed by atoms with Crippen molar-refractivity contribution >= 4 is 0 Å². The first-order chi connectivity index (χ1) is 29.2. The maximum atomic E-state index is 6.61. The van der Waals surface area contributed by atoms with Gasteiger partial charge in [-0.25, -0.2) is 4.98 Å². The summed E-state index contributed by atoms with van der Waals surface area (Å²) in [5.41, 5.74) is 2.72. The van der Waals surface area contributed by atoms with Crippen LogP contribution in [-0.2, 0) is 20.8 Å². The normalized spacial score (nSPS) is 28.8. The predicted octanol–water partition coefficient (Wildman–Crippen LogP) is 15.5. The van der Waals surface area contributed by atoms with Gasteiger partial charge in [0.1, 0.15) is 0 Å². The van der Waals surface area contributed by atoms with Crippen LogP contribution in [0.5, 0.6) is 0 Å². The average Bonchev–Trinajstić information content (AvgIpc) is 3.88. The molecule has 0 saturated heterocycles. The van der Waals surface area contributed by atoms with Crippen LogP contribution in [0.25, 0.3) is 0 Å². The second-order valence-electron chi connectivity index (χ2n) is 21.5. The lowest BCUT2D eigenvalue weighted by molar-refractivity contribution is -0.0648. The molecule has 9 atom stereocenters. The molecule has 0 N–H and O–H groups in total. The first-order valence-corrected chi connectivity index (χ1v) is 26.4. The van der Waals surface area contributed by atoms with E-state index in [-0.39, 0.29) is 6.10 Å². The van der Waals surface area contributed by atoms with Crippen molar-refractivity contribution in [3.05, 3.63) is 42.5 Å². The highest BCUT2D eigenvalue weighted by molar-refractivity contribution is 5.25. The summed E-state index contributed by atoms with van der Waals surface area (Å²) in [6.45, 7) is 18.9. The van der Waals surface area contributed by atoms with Gasteiger partial charge in [-0.3, -0.25) is 0 Å². The van der Waals surface area contributed by atoms with Gasteiger partial charge in [0, 0.05) is 32.2 Å². The molecule has 0 radical (unpaired) electrons. The minimum Gasteiger partial charge on any atom is -0.379 e. The standard InChI is InChI=1S/C55H96N2O3/c1-7-8-9-10-11-12-13-14-15-16-17-18-19-20-21-22-38-58-43-49(42-57-37-36-56-44-57)60-40-24-23-39-59-48-32-34-54(5)47(41-48)28-29-50-52-31-30-51(46(4)27-25-26-45(2)3)55(52,6)35-33-53(50)54/h14-15,28,36-37,44-46,48-53H,7-13,16-27,29-35,38-43H2,1-6H3/t46?,48-,49?,50?,51?,52?,53?,54-,55+/m0/s1. The van der Waals surface area contributed by atoms with E-state index in [1.165, 1.54) is 148 Å². The van der Waals surface area contributed by atoms with Crippen molar-refractivity contribution in [1.29, 1.82) is 0 Å². The van der Waals surface area contributed by atoms with Gasteiger partial charge in [-0.2, -0.15) is 0 Å². The van der Waals surface area contributed by atoms with E-state index in [0.717, 1.165) is 87.6 Å². The van der Waals surface area contributed by atoms with Crippen molar-refractivity contribution in [1.82, 2.24) is 9.55 Å². The molecular formula is C55H96N2O3. The van der Waals surface area contributed by atoms with Gasteiger partial charge in [-0.15, -0.1) is 0 Å². The molecule has 4 aliphatic carbocycles. The Balaban J connectivity index is 0.916. The highest BCUT2D eigenvalue weighted by Crippen LogP contribution is 2.67. The smallest absolute Gasteiger partial charge is 0.0987 e. The lowest BCUT2D eigenvalue weighted by Crippen LogP contribution is -2.51. The number of rotatable bonds is 32. The zero-order chi connectivity index (χ0) is 42.5. The maximum absolute atomic E-state index is 6.61. The van der Waals surface area contributed by atoms with Crippen LogP contribution in [-0.4, -0.2) is 48.2 Å². The van der Waals surface area contributed by atoms with Crippen LogP contribution in [0.4, 0.5) is 0 Å². The SMILES string of the molecule is CCCCCCCCC=CCCCCCCCCOCC(Cn1ccnc1)OCCCCO[C@H]1CC[C@@]2(C)C(=CCC3C4CCC(C(C)CCCC(C)C)[C@@]4(C)CCC32)C1. The summed E-state index contributed by atoms with van der Waals surface area (Å²) in [4.78, 5) is 4.25. The van der Waals surface area contributed by atoms with Crippen LogP contribution in [0.2, 0.25) is 0 Å². The number of unbranched alkanes of at least 4 members (excludes halogenated alkanes) is 13. The lowest BCUT2D eigenvalue weighted by Gasteiger charge is -2.58. The van der Waals surface area contributed by atoms with Crippen molar-refractivity contribution < 1.29 is 14.2 Å². The third-order valence-corrected chi connectivity index (χ3v) is 16.6. The fourth-order valence-corrected chi connectivity index (χ4v) is 12.9. The van der Waals surface area contributed by atoms with Crippen molar-refractivity contribution in [3.63, 3.8) is 0 Å². The Labute approximate surface area is 371 Å². The molecule has 3 saturated carbocycles. The molecule has 0 amide bonds. The molecule has 60 heavy (non-hydrogen) atoms. The Morgan fingerprint density at radius 2 is 1.48 bits per heavy atom. The highest BCUT2D eigenvalue weighted by Gasteiger charge is 2.59. The third-order valence-electron chi connectivity index (χ3n) is 16.6. The summed E-state index contributed by atoms with van der Waals surface area (Å²) in [5.74, 6) is 5.40.